The fraction of sp³-hybridized carbons (Fsp3) is 0.571. The molecule has 0 radical (unpaired) electrons. The molecule has 1 unspecified atom stereocenters. The van der Waals surface area contributed by atoms with Crippen LogP contribution in [0.5, 0.6) is 0 Å². The lowest BCUT2D eigenvalue weighted by atomic mass is 10.2. The Kier molecular flexibility index (Phi) is 17.7. The van der Waals surface area contributed by atoms with Gasteiger partial charge in [0, 0.05) is 12.0 Å². The van der Waals surface area contributed by atoms with Gasteiger partial charge in [-0.1, -0.05) is 20.4 Å². The summed E-state index contributed by atoms with van der Waals surface area (Å²) in [6.45, 7) is 6.99. The largest absolute Gasteiger partial charge is 0.466 e. The molecule has 11 N–H and O–H groups in total. The van der Waals surface area contributed by atoms with Gasteiger partial charge in [0.25, 0.3) is 0 Å². The third-order valence-electron chi connectivity index (χ3n) is 1.08. The Balaban J connectivity index is -0.000000112. The van der Waals surface area contributed by atoms with E-state index in [1.807, 2.05) is 13.8 Å². The number of esters is 1. The van der Waals surface area contributed by atoms with Gasteiger partial charge in [0.15, 0.2) is 6.23 Å². The van der Waals surface area contributed by atoms with Crippen LogP contribution in [0.1, 0.15) is 13.8 Å². The summed E-state index contributed by atoms with van der Waals surface area (Å²) >= 11 is 0. The number of hydrogen-bond acceptors (Lipinski definition) is 6. The molecule has 12 nitrogen and oxygen atoms in total. The maximum Gasteiger partial charge on any atom is 0.466 e. The van der Waals surface area contributed by atoms with Gasteiger partial charge in [-0.25, -0.2) is 13.9 Å². The fourth-order valence-corrected chi connectivity index (χ4v) is 0.318. The fourth-order valence-electron chi connectivity index (χ4n) is 0.318. The average molecular weight is 356 g/mol. The Morgan fingerprint density at radius 3 is 1.48 bits per heavy atom. The zero-order chi connectivity index (χ0) is 17.1. The van der Waals surface area contributed by atoms with E-state index in [0.717, 1.165) is 6.08 Å². The summed E-state index contributed by atoms with van der Waals surface area (Å²) in [6, 6.07) is 0. The number of carbonyl (C=O) groups is 1. The van der Waals surface area contributed by atoms with Crippen LogP contribution in [0.2, 0.25) is 0 Å². The van der Waals surface area contributed by atoms with E-state index in [1.54, 1.807) is 0 Å². The zero-order valence-corrected chi connectivity index (χ0v) is 13.2. The predicted molar refractivity (Wildman–Crippen MR) is 72.7 cm³/mol. The van der Waals surface area contributed by atoms with Crippen LogP contribution in [-0.2, 0) is 18.7 Å². The van der Waals surface area contributed by atoms with Crippen molar-refractivity contribution < 1.29 is 48.0 Å². The van der Waals surface area contributed by atoms with Crippen molar-refractivity contribution >= 4 is 21.6 Å². The number of nitrogens with two attached hydrogens (primary N) is 1. The molecule has 0 amide bonds. The van der Waals surface area contributed by atoms with Gasteiger partial charge in [0.2, 0.25) is 0 Å². The van der Waals surface area contributed by atoms with Crippen LogP contribution in [0.4, 0.5) is 0 Å². The Morgan fingerprint density at radius 1 is 1.10 bits per heavy atom. The van der Waals surface area contributed by atoms with Crippen molar-refractivity contribution in [2.75, 3.05) is 0 Å². The predicted octanol–water partition coefficient (Wildman–Crippen LogP) is -1.04. The molecule has 130 valence electrons. The van der Waals surface area contributed by atoms with Crippen LogP contribution < -0.4 is 11.9 Å². The highest BCUT2D eigenvalue weighted by molar-refractivity contribution is 7.45. The normalized spacial score (nSPS) is 11.7. The monoisotopic (exact) mass is 356 g/mol. The molecule has 0 aliphatic carbocycles. The molecule has 1 atom stereocenters. The summed E-state index contributed by atoms with van der Waals surface area (Å²) in [5.74, 6) is -0.329. The molecular formula is C7H22N2O10P2. The van der Waals surface area contributed by atoms with Gasteiger partial charge in [-0.05, 0) is 0 Å². The van der Waals surface area contributed by atoms with E-state index in [9.17, 15) is 4.79 Å². The number of rotatable bonds is 3. The Bertz CT molecular complexity index is 339. The van der Waals surface area contributed by atoms with E-state index >= 15 is 0 Å². The van der Waals surface area contributed by atoms with Crippen LogP contribution in [0, 0.1) is 5.92 Å². The highest BCUT2D eigenvalue weighted by Gasteiger charge is 2.10. The molecule has 21 heavy (non-hydrogen) atoms. The molecule has 0 aromatic rings. The van der Waals surface area contributed by atoms with Gasteiger partial charge in [-0.3, -0.25) is 5.73 Å². The third-order valence-corrected chi connectivity index (χ3v) is 1.08. The molecule has 0 spiro atoms. The second-order valence-corrected chi connectivity index (χ2v) is 5.43. The SMILES string of the molecule is C=CC(=O)OC(N)C(C)C.N.O=P(O)(O)O.O=P(O)(O)O. The summed E-state index contributed by atoms with van der Waals surface area (Å²) in [6.07, 6.45) is 0.577. The Hall–Kier alpha value is -0.650. The van der Waals surface area contributed by atoms with E-state index in [2.05, 4.69) is 11.3 Å². The molecule has 0 aliphatic heterocycles. The molecule has 0 fully saturated rings. The third kappa shape index (κ3) is 66.6. The van der Waals surface area contributed by atoms with Crippen LogP contribution in [-0.4, -0.2) is 41.6 Å². The first-order chi connectivity index (χ1) is 8.57. The molecule has 0 bridgehead atoms. The molecule has 0 saturated heterocycles. The van der Waals surface area contributed by atoms with Gasteiger partial charge < -0.3 is 40.2 Å². The van der Waals surface area contributed by atoms with Gasteiger partial charge in [-0.2, -0.15) is 0 Å². The first kappa shape index (κ1) is 28.5. The number of hydrogen-bond donors (Lipinski definition) is 8. The lowest BCUT2D eigenvalue weighted by Crippen LogP contribution is -2.31. The lowest BCUT2D eigenvalue weighted by Gasteiger charge is -2.14. The van der Waals surface area contributed by atoms with Gasteiger partial charge >= 0.3 is 21.6 Å². The minimum Gasteiger partial charge on any atom is -0.443 e. The molecule has 0 aromatic carbocycles. The molecule has 0 saturated carbocycles. The quantitative estimate of drug-likeness (QED) is 0.131. The summed E-state index contributed by atoms with van der Waals surface area (Å²) < 4.78 is 22.4. The number of phosphoric acid groups is 2. The van der Waals surface area contributed by atoms with Crippen molar-refractivity contribution in [1.82, 2.24) is 6.15 Å². The number of ether oxygens (including phenoxy) is 1. The standard InChI is InChI=1S/C7H13NO2.H3N.2H3O4P/c1-4-6(9)10-7(8)5(2)3;;2*1-5(2,3)4/h4-5,7H,1,8H2,2-3H3;1H3;2*(H3,1,2,3,4). The molecule has 0 heterocycles. The first-order valence-electron chi connectivity index (χ1n) is 4.73. The van der Waals surface area contributed by atoms with Crippen LogP contribution in [0.3, 0.4) is 0 Å². The second kappa shape index (κ2) is 13.0. The number of carbonyl (C=O) groups excluding carboxylic acids is 1. The molecule has 0 rings (SSSR count). The first-order valence-corrected chi connectivity index (χ1v) is 7.86. The van der Waals surface area contributed by atoms with E-state index in [-0.39, 0.29) is 12.1 Å². The Labute approximate surface area is 121 Å². The van der Waals surface area contributed by atoms with Crippen molar-refractivity contribution in [3.63, 3.8) is 0 Å². The maximum atomic E-state index is 10.5. The van der Waals surface area contributed by atoms with Crippen molar-refractivity contribution in [2.24, 2.45) is 11.7 Å². The summed E-state index contributed by atoms with van der Waals surface area (Å²) in [7, 11) is -9.28. The van der Waals surface area contributed by atoms with Gasteiger partial charge in [0.05, 0.1) is 0 Å². The maximum absolute atomic E-state index is 10.5. The Morgan fingerprint density at radius 2 is 1.33 bits per heavy atom. The molecule has 0 aliphatic rings. The van der Waals surface area contributed by atoms with Crippen LogP contribution in [0.25, 0.3) is 0 Å². The smallest absolute Gasteiger partial charge is 0.443 e. The highest BCUT2D eigenvalue weighted by Crippen LogP contribution is 2.26. The lowest BCUT2D eigenvalue weighted by molar-refractivity contribution is -0.144. The van der Waals surface area contributed by atoms with Crippen molar-refractivity contribution in [3.05, 3.63) is 12.7 Å². The molecule has 0 aromatic heterocycles. The van der Waals surface area contributed by atoms with E-state index in [1.165, 1.54) is 0 Å². The van der Waals surface area contributed by atoms with E-state index in [0.29, 0.717) is 0 Å². The topological polar surface area (TPSA) is 243 Å². The van der Waals surface area contributed by atoms with Gasteiger partial charge in [-0.15, -0.1) is 0 Å². The van der Waals surface area contributed by atoms with Crippen molar-refractivity contribution in [1.29, 1.82) is 0 Å². The van der Waals surface area contributed by atoms with Gasteiger partial charge in [0.1, 0.15) is 0 Å². The van der Waals surface area contributed by atoms with E-state index < -0.39 is 27.8 Å². The second-order valence-electron chi connectivity index (χ2n) is 3.38. The summed E-state index contributed by atoms with van der Waals surface area (Å²) in [4.78, 5) is 53.6. The zero-order valence-electron chi connectivity index (χ0n) is 11.4. The summed E-state index contributed by atoms with van der Waals surface area (Å²) in [5, 5.41) is 0. The molecular weight excluding hydrogens is 334 g/mol. The molecule has 14 heteroatoms. The summed E-state index contributed by atoms with van der Waals surface area (Å²) in [5.41, 5.74) is 5.40. The minimum absolute atomic E-state index is 0. The highest BCUT2D eigenvalue weighted by atomic mass is 31.2. The van der Waals surface area contributed by atoms with Crippen molar-refractivity contribution in [3.8, 4) is 0 Å². The van der Waals surface area contributed by atoms with Crippen LogP contribution >= 0.6 is 15.6 Å². The van der Waals surface area contributed by atoms with Crippen LogP contribution in [0.15, 0.2) is 12.7 Å². The minimum atomic E-state index is -4.64. The van der Waals surface area contributed by atoms with E-state index in [4.69, 9.17) is 44.2 Å². The average Bonchev–Trinajstić information content (AvgIpc) is 2.11. The van der Waals surface area contributed by atoms with Crippen molar-refractivity contribution in [2.45, 2.75) is 20.1 Å².